The normalized spacial score (nSPS) is 19.1. The summed E-state index contributed by atoms with van der Waals surface area (Å²) in [6, 6.07) is 5.03. The number of aromatic nitrogens is 1. The Labute approximate surface area is 113 Å². The van der Waals surface area contributed by atoms with Gasteiger partial charge in [-0.2, -0.15) is 0 Å². The third kappa shape index (κ3) is 3.67. The number of carbonyl (C=O) groups is 1. The highest BCUT2D eigenvalue weighted by molar-refractivity contribution is 5.85. The Hall–Kier alpha value is -1.62. The highest BCUT2D eigenvalue weighted by Crippen LogP contribution is 2.30. The van der Waals surface area contributed by atoms with Crippen LogP contribution in [0.3, 0.4) is 0 Å². The first-order valence-electron chi connectivity index (χ1n) is 6.61. The predicted molar refractivity (Wildman–Crippen MR) is 74.5 cm³/mol. The molecule has 1 aromatic heterocycles. The summed E-state index contributed by atoms with van der Waals surface area (Å²) >= 11 is 0. The predicted octanol–water partition coefficient (Wildman–Crippen LogP) is 1.92. The van der Waals surface area contributed by atoms with Gasteiger partial charge in [-0.3, -0.25) is 0 Å². The molecule has 0 saturated carbocycles. The van der Waals surface area contributed by atoms with Crippen molar-refractivity contribution in [3.8, 4) is 0 Å². The standard InChI is InChI=1S/C14H21N3O2/c1-14(6-8-17(2)9-7-14)10-15-12-5-3-4-11(16-12)13(18)19/h3-5H,6-10H2,1-2H3,(H,15,16)(H,18,19). The molecule has 1 saturated heterocycles. The summed E-state index contributed by atoms with van der Waals surface area (Å²) in [5.74, 6) is -0.353. The minimum absolute atomic E-state index is 0.0820. The molecule has 2 rings (SSSR count). The molecule has 0 aromatic carbocycles. The molecule has 0 bridgehead atoms. The molecule has 5 heteroatoms. The van der Waals surface area contributed by atoms with E-state index < -0.39 is 5.97 Å². The van der Waals surface area contributed by atoms with E-state index in [1.807, 2.05) is 6.07 Å². The van der Waals surface area contributed by atoms with E-state index in [2.05, 4.69) is 29.2 Å². The molecule has 1 aromatic rings. The Kier molecular flexibility index (Phi) is 4.04. The topological polar surface area (TPSA) is 65.5 Å². The van der Waals surface area contributed by atoms with Gasteiger partial charge in [-0.15, -0.1) is 0 Å². The molecule has 1 fully saturated rings. The molecule has 1 aliphatic heterocycles. The molecule has 104 valence electrons. The summed E-state index contributed by atoms with van der Waals surface area (Å²) in [6.07, 6.45) is 2.30. The summed E-state index contributed by atoms with van der Waals surface area (Å²) in [6.45, 7) is 5.33. The second-order valence-electron chi connectivity index (χ2n) is 5.68. The lowest BCUT2D eigenvalue weighted by molar-refractivity contribution is 0.0690. The minimum Gasteiger partial charge on any atom is -0.477 e. The molecule has 0 spiro atoms. The Morgan fingerprint density at radius 2 is 2.16 bits per heavy atom. The molecule has 1 aliphatic rings. The van der Waals surface area contributed by atoms with Crippen LogP contribution in [0.2, 0.25) is 0 Å². The molecule has 0 aliphatic carbocycles. The Balaban J connectivity index is 1.95. The maximum absolute atomic E-state index is 10.9. The van der Waals surface area contributed by atoms with E-state index in [1.165, 1.54) is 6.07 Å². The zero-order valence-electron chi connectivity index (χ0n) is 11.5. The zero-order chi connectivity index (χ0) is 13.9. The molecule has 2 heterocycles. The van der Waals surface area contributed by atoms with Gasteiger partial charge in [-0.05, 0) is 50.5 Å². The van der Waals surface area contributed by atoms with Crippen LogP contribution in [-0.2, 0) is 0 Å². The number of carboxylic acid groups (broad SMARTS) is 1. The van der Waals surface area contributed by atoms with Gasteiger partial charge >= 0.3 is 5.97 Å². The molecule has 0 radical (unpaired) electrons. The Bertz CT molecular complexity index is 454. The number of pyridine rings is 1. The largest absolute Gasteiger partial charge is 0.477 e. The third-order valence-corrected chi connectivity index (χ3v) is 3.86. The van der Waals surface area contributed by atoms with E-state index in [4.69, 9.17) is 5.11 Å². The van der Waals surface area contributed by atoms with Crippen LogP contribution < -0.4 is 5.32 Å². The van der Waals surface area contributed by atoms with Crippen LogP contribution in [0.25, 0.3) is 0 Å². The second-order valence-corrected chi connectivity index (χ2v) is 5.68. The number of rotatable bonds is 4. The van der Waals surface area contributed by atoms with Crippen molar-refractivity contribution in [3.05, 3.63) is 23.9 Å². The van der Waals surface area contributed by atoms with Crippen molar-refractivity contribution in [1.82, 2.24) is 9.88 Å². The van der Waals surface area contributed by atoms with Crippen molar-refractivity contribution in [1.29, 1.82) is 0 Å². The quantitative estimate of drug-likeness (QED) is 0.869. The van der Waals surface area contributed by atoms with E-state index in [0.29, 0.717) is 5.82 Å². The van der Waals surface area contributed by atoms with E-state index in [9.17, 15) is 4.79 Å². The van der Waals surface area contributed by atoms with Crippen molar-refractivity contribution in [3.63, 3.8) is 0 Å². The van der Waals surface area contributed by atoms with Gasteiger partial charge in [0.1, 0.15) is 5.82 Å². The first-order chi connectivity index (χ1) is 8.98. The fourth-order valence-corrected chi connectivity index (χ4v) is 2.29. The van der Waals surface area contributed by atoms with Crippen LogP contribution in [0.1, 0.15) is 30.3 Å². The van der Waals surface area contributed by atoms with Crippen LogP contribution in [0, 0.1) is 5.41 Å². The van der Waals surface area contributed by atoms with Gasteiger partial charge in [0.05, 0.1) is 0 Å². The second kappa shape index (κ2) is 5.57. The average Bonchev–Trinajstić information content (AvgIpc) is 2.41. The monoisotopic (exact) mass is 263 g/mol. The summed E-state index contributed by atoms with van der Waals surface area (Å²) in [5.41, 5.74) is 0.339. The van der Waals surface area contributed by atoms with Crippen LogP contribution in [0.4, 0.5) is 5.82 Å². The highest BCUT2D eigenvalue weighted by atomic mass is 16.4. The van der Waals surface area contributed by atoms with Crippen molar-refractivity contribution >= 4 is 11.8 Å². The van der Waals surface area contributed by atoms with E-state index in [-0.39, 0.29) is 11.1 Å². The minimum atomic E-state index is -0.992. The van der Waals surface area contributed by atoms with Crippen LogP contribution in [0.5, 0.6) is 0 Å². The smallest absolute Gasteiger partial charge is 0.354 e. The zero-order valence-corrected chi connectivity index (χ0v) is 11.5. The number of nitrogens with one attached hydrogen (secondary N) is 1. The first kappa shape index (κ1) is 13.8. The number of hydrogen-bond donors (Lipinski definition) is 2. The average molecular weight is 263 g/mol. The summed E-state index contributed by atoms with van der Waals surface area (Å²) < 4.78 is 0. The number of piperidine rings is 1. The summed E-state index contributed by atoms with van der Waals surface area (Å²) in [7, 11) is 2.14. The van der Waals surface area contributed by atoms with Crippen molar-refractivity contribution < 1.29 is 9.90 Å². The van der Waals surface area contributed by atoms with Gasteiger partial charge in [0.2, 0.25) is 0 Å². The lowest BCUT2D eigenvalue weighted by atomic mass is 9.80. The highest BCUT2D eigenvalue weighted by Gasteiger charge is 2.28. The maximum Gasteiger partial charge on any atom is 0.354 e. The number of aromatic carboxylic acids is 1. The van der Waals surface area contributed by atoms with Gasteiger partial charge in [0.15, 0.2) is 5.69 Å². The summed E-state index contributed by atoms with van der Waals surface area (Å²) in [5, 5.41) is 12.2. The van der Waals surface area contributed by atoms with Gasteiger partial charge in [0.25, 0.3) is 0 Å². The molecule has 5 nitrogen and oxygen atoms in total. The number of carboxylic acids is 1. The van der Waals surface area contributed by atoms with Crippen molar-refractivity contribution in [2.45, 2.75) is 19.8 Å². The Morgan fingerprint density at radius 1 is 1.47 bits per heavy atom. The molecular weight excluding hydrogens is 242 g/mol. The maximum atomic E-state index is 10.9. The van der Waals surface area contributed by atoms with Crippen molar-refractivity contribution in [2.24, 2.45) is 5.41 Å². The third-order valence-electron chi connectivity index (χ3n) is 3.86. The van der Waals surface area contributed by atoms with Gasteiger partial charge in [0, 0.05) is 6.54 Å². The van der Waals surface area contributed by atoms with Crippen LogP contribution in [-0.4, -0.2) is 47.6 Å². The van der Waals surface area contributed by atoms with E-state index in [1.54, 1.807) is 6.07 Å². The van der Waals surface area contributed by atoms with Gasteiger partial charge in [-0.1, -0.05) is 13.0 Å². The molecular formula is C14H21N3O2. The van der Waals surface area contributed by atoms with E-state index in [0.717, 1.165) is 32.5 Å². The number of likely N-dealkylation sites (tertiary alicyclic amines) is 1. The van der Waals surface area contributed by atoms with E-state index >= 15 is 0 Å². The molecule has 0 unspecified atom stereocenters. The first-order valence-corrected chi connectivity index (χ1v) is 6.61. The van der Waals surface area contributed by atoms with Gasteiger partial charge in [-0.25, -0.2) is 9.78 Å². The molecule has 0 atom stereocenters. The molecule has 0 amide bonds. The van der Waals surface area contributed by atoms with Gasteiger partial charge < -0.3 is 15.3 Å². The van der Waals surface area contributed by atoms with Crippen molar-refractivity contribution in [2.75, 3.05) is 32.0 Å². The lowest BCUT2D eigenvalue weighted by Gasteiger charge is -2.38. The molecule has 2 N–H and O–H groups in total. The van der Waals surface area contributed by atoms with Crippen LogP contribution in [0.15, 0.2) is 18.2 Å². The SMILES string of the molecule is CN1CCC(C)(CNc2cccc(C(=O)O)n2)CC1. The fraction of sp³-hybridized carbons (Fsp3) is 0.571. The fourth-order valence-electron chi connectivity index (χ4n) is 2.29. The van der Waals surface area contributed by atoms with Crippen LogP contribution >= 0.6 is 0 Å². The molecule has 19 heavy (non-hydrogen) atoms. The Morgan fingerprint density at radius 3 is 2.79 bits per heavy atom. The number of anilines is 1. The lowest BCUT2D eigenvalue weighted by Crippen LogP contribution is -2.40. The number of hydrogen-bond acceptors (Lipinski definition) is 4. The summed E-state index contributed by atoms with van der Waals surface area (Å²) in [4.78, 5) is 17.3. The number of nitrogens with zero attached hydrogens (tertiary/aromatic N) is 2.